The number of anilines is 1. The maximum Gasteiger partial charge on any atom is 0.408 e. The fraction of sp³-hybridized carbons (Fsp3) is 0.353. The average molecular weight is 330 g/mol. The van der Waals surface area contributed by atoms with Crippen molar-refractivity contribution < 1.29 is 14.3 Å². The van der Waals surface area contributed by atoms with Gasteiger partial charge < -0.3 is 19.9 Å². The van der Waals surface area contributed by atoms with E-state index in [-0.39, 0.29) is 5.91 Å². The van der Waals surface area contributed by atoms with Crippen LogP contribution in [-0.2, 0) is 9.53 Å². The molecule has 0 radical (unpaired) electrons. The monoisotopic (exact) mass is 330 g/mol. The van der Waals surface area contributed by atoms with Crippen LogP contribution < -0.4 is 10.6 Å². The van der Waals surface area contributed by atoms with Crippen molar-refractivity contribution in [1.29, 1.82) is 0 Å². The third-order valence-corrected chi connectivity index (χ3v) is 3.04. The second-order valence-electron chi connectivity index (χ2n) is 6.38. The normalized spacial score (nSPS) is 12.3. The number of rotatable bonds is 4. The maximum atomic E-state index is 12.2. The molecule has 0 unspecified atom stereocenters. The second kappa shape index (κ2) is 7.16. The number of benzene rings is 1. The first-order chi connectivity index (χ1) is 11.2. The minimum Gasteiger partial charge on any atom is -0.444 e. The molecule has 1 aromatic carbocycles. The predicted molar refractivity (Wildman–Crippen MR) is 91.0 cm³/mol. The first-order valence-electron chi connectivity index (χ1n) is 7.63. The highest BCUT2D eigenvalue weighted by Gasteiger charge is 2.21. The molecule has 7 nitrogen and oxygen atoms in total. The van der Waals surface area contributed by atoms with Gasteiger partial charge in [0, 0.05) is 23.8 Å². The van der Waals surface area contributed by atoms with E-state index in [1.807, 2.05) is 29.0 Å². The smallest absolute Gasteiger partial charge is 0.408 e. The topological polar surface area (TPSA) is 85.2 Å². The molecule has 128 valence electrons. The molecular weight excluding hydrogens is 308 g/mol. The van der Waals surface area contributed by atoms with Gasteiger partial charge >= 0.3 is 6.09 Å². The Hall–Kier alpha value is -2.83. The van der Waals surface area contributed by atoms with Crippen molar-refractivity contribution in [2.75, 3.05) is 5.32 Å². The summed E-state index contributed by atoms with van der Waals surface area (Å²) in [5, 5.41) is 5.28. The maximum absolute atomic E-state index is 12.2. The molecule has 2 amide bonds. The van der Waals surface area contributed by atoms with Crippen LogP contribution in [0.2, 0.25) is 0 Å². The van der Waals surface area contributed by atoms with Crippen molar-refractivity contribution in [1.82, 2.24) is 14.9 Å². The molecule has 2 aromatic rings. The van der Waals surface area contributed by atoms with Gasteiger partial charge in [0.15, 0.2) is 0 Å². The van der Waals surface area contributed by atoms with Gasteiger partial charge in [0.05, 0.1) is 6.33 Å². The first kappa shape index (κ1) is 17.5. The molecule has 1 atom stereocenters. The summed E-state index contributed by atoms with van der Waals surface area (Å²) < 4.78 is 6.97. The summed E-state index contributed by atoms with van der Waals surface area (Å²) in [6.07, 6.45) is 4.54. The Bertz CT molecular complexity index is 705. The summed E-state index contributed by atoms with van der Waals surface area (Å²) in [7, 11) is 0. The Kier molecular flexibility index (Phi) is 5.23. The summed E-state index contributed by atoms with van der Waals surface area (Å²) in [5.74, 6) is -0.330. The molecule has 2 rings (SSSR count). The van der Waals surface area contributed by atoms with Crippen molar-refractivity contribution in [2.45, 2.75) is 39.3 Å². The first-order valence-corrected chi connectivity index (χ1v) is 7.63. The van der Waals surface area contributed by atoms with Crippen LogP contribution in [0.25, 0.3) is 5.69 Å². The minimum absolute atomic E-state index is 0.330. The number of hydrogen-bond acceptors (Lipinski definition) is 4. The van der Waals surface area contributed by atoms with E-state index in [0.29, 0.717) is 5.69 Å². The fourth-order valence-corrected chi connectivity index (χ4v) is 1.96. The van der Waals surface area contributed by atoms with Crippen LogP contribution >= 0.6 is 0 Å². The van der Waals surface area contributed by atoms with E-state index in [9.17, 15) is 9.59 Å². The molecule has 0 fully saturated rings. The number of nitrogens with one attached hydrogen (secondary N) is 2. The molecule has 0 aliphatic rings. The Labute approximate surface area is 141 Å². The summed E-state index contributed by atoms with van der Waals surface area (Å²) in [5.41, 5.74) is 0.890. The standard InChI is InChI=1S/C17H22N4O3/c1-12(19-16(23)24-17(2,3)4)15(22)20-13-6-5-7-14(10-13)21-9-8-18-11-21/h5-12H,1-4H3,(H,19,23)(H,20,22)/t12-/m0/s1. The third kappa shape index (κ3) is 5.12. The lowest BCUT2D eigenvalue weighted by Crippen LogP contribution is -2.43. The molecule has 0 bridgehead atoms. The van der Waals surface area contributed by atoms with Gasteiger partial charge in [-0.05, 0) is 45.9 Å². The summed E-state index contributed by atoms with van der Waals surface area (Å²) in [4.78, 5) is 27.9. The lowest BCUT2D eigenvalue weighted by molar-refractivity contribution is -0.117. The van der Waals surface area contributed by atoms with Crippen LogP contribution in [0.3, 0.4) is 0 Å². The number of amides is 2. The molecule has 1 aromatic heterocycles. The average Bonchev–Trinajstić information content (AvgIpc) is 2.99. The van der Waals surface area contributed by atoms with E-state index in [0.717, 1.165) is 5.69 Å². The number of hydrogen-bond donors (Lipinski definition) is 2. The second-order valence-corrected chi connectivity index (χ2v) is 6.38. The highest BCUT2D eigenvalue weighted by Crippen LogP contribution is 2.14. The molecule has 2 N–H and O–H groups in total. The molecule has 24 heavy (non-hydrogen) atoms. The zero-order valence-electron chi connectivity index (χ0n) is 14.2. The van der Waals surface area contributed by atoms with Crippen LogP contribution in [0.15, 0.2) is 43.0 Å². The third-order valence-electron chi connectivity index (χ3n) is 3.04. The van der Waals surface area contributed by atoms with Crippen molar-refractivity contribution in [3.05, 3.63) is 43.0 Å². The number of carbonyl (C=O) groups excluding carboxylic acids is 2. The van der Waals surface area contributed by atoms with Crippen molar-refractivity contribution in [3.8, 4) is 5.69 Å². The zero-order valence-corrected chi connectivity index (χ0v) is 14.2. The lowest BCUT2D eigenvalue weighted by atomic mass is 10.2. The van der Waals surface area contributed by atoms with Gasteiger partial charge in [-0.25, -0.2) is 9.78 Å². The van der Waals surface area contributed by atoms with Gasteiger partial charge in [0.1, 0.15) is 11.6 Å². The molecule has 0 aliphatic heterocycles. The molecule has 0 spiro atoms. The fourth-order valence-electron chi connectivity index (χ4n) is 1.96. The number of aromatic nitrogens is 2. The number of nitrogens with zero attached hydrogens (tertiary/aromatic N) is 2. The van der Waals surface area contributed by atoms with Gasteiger partial charge in [-0.15, -0.1) is 0 Å². The molecule has 7 heteroatoms. The summed E-state index contributed by atoms with van der Waals surface area (Å²) >= 11 is 0. The van der Waals surface area contributed by atoms with Gasteiger partial charge in [-0.3, -0.25) is 4.79 Å². The van der Waals surface area contributed by atoms with Crippen LogP contribution in [0.4, 0.5) is 10.5 Å². The molecule has 1 heterocycles. The molecule has 0 aliphatic carbocycles. The Morgan fingerprint density at radius 1 is 1.29 bits per heavy atom. The molecule has 0 saturated carbocycles. The van der Waals surface area contributed by atoms with E-state index < -0.39 is 17.7 Å². The lowest BCUT2D eigenvalue weighted by Gasteiger charge is -2.21. The van der Waals surface area contributed by atoms with Crippen LogP contribution in [0.5, 0.6) is 0 Å². The van der Waals surface area contributed by atoms with Crippen LogP contribution in [0, 0.1) is 0 Å². The summed E-state index contributed by atoms with van der Waals surface area (Å²) in [6.45, 7) is 6.88. The van der Waals surface area contributed by atoms with E-state index in [1.54, 1.807) is 46.3 Å². The van der Waals surface area contributed by atoms with Crippen molar-refractivity contribution in [3.63, 3.8) is 0 Å². The van der Waals surface area contributed by atoms with Gasteiger partial charge in [0.2, 0.25) is 5.91 Å². The Morgan fingerprint density at radius 3 is 2.67 bits per heavy atom. The van der Waals surface area contributed by atoms with E-state index in [4.69, 9.17) is 4.74 Å². The van der Waals surface area contributed by atoms with Gasteiger partial charge in [0.25, 0.3) is 0 Å². The zero-order chi connectivity index (χ0) is 17.7. The quantitative estimate of drug-likeness (QED) is 0.902. The Balaban J connectivity index is 1.97. The molecular formula is C17H22N4O3. The number of alkyl carbamates (subject to hydrolysis) is 1. The Morgan fingerprint density at radius 2 is 2.04 bits per heavy atom. The highest BCUT2D eigenvalue weighted by molar-refractivity contribution is 5.96. The molecule has 0 saturated heterocycles. The van der Waals surface area contributed by atoms with Crippen molar-refractivity contribution >= 4 is 17.7 Å². The predicted octanol–water partition coefficient (Wildman–Crippen LogP) is 2.72. The van der Waals surface area contributed by atoms with Gasteiger partial charge in [-0.2, -0.15) is 0 Å². The number of imidazole rings is 1. The van der Waals surface area contributed by atoms with Crippen LogP contribution in [0.1, 0.15) is 27.7 Å². The van der Waals surface area contributed by atoms with Crippen LogP contribution in [-0.4, -0.2) is 33.2 Å². The van der Waals surface area contributed by atoms with Crippen molar-refractivity contribution in [2.24, 2.45) is 0 Å². The van der Waals surface area contributed by atoms with E-state index in [2.05, 4.69) is 15.6 Å². The highest BCUT2D eigenvalue weighted by atomic mass is 16.6. The number of ether oxygens (including phenoxy) is 1. The largest absolute Gasteiger partial charge is 0.444 e. The minimum atomic E-state index is -0.725. The SMILES string of the molecule is C[C@H](NC(=O)OC(C)(C)C)C(=O)Nc1cccc(-n2ccnc2)c1. The van der Waals surface area contributed by atoms with E-state index >= 15 is 0 Å². The summed E-state index contributed by atoms with van der Waals surface area (Å²) in [6, 6.07) is 6.60. The number of carbonyl (C=O) groups is 2. The van der Waals surface area contributed by atoms with E-state index in [1.165, 1.54) is 0 Å². The van der Waals surface area contributed by atoms with Gasteiger partial charge in [-0.1, -0.05) is 6.07 Å².